The average Bonchev–Trinajstić information content (AvgIpc) is 2.03. The van der Waals surface area contributed by atoms with E-state index >= 15 is 0 Å². The zero-order valence-corrected chi connectivity index (χ0v) is 8.48. The highest BCUT2D eigenvalue weighted by Crippen LogP contribution is 2.34. The van der Waals surface area contributed by atoms with Gasteiger partial charge in [-0.2, -0.15) is 13.2 Å². The summed E-state index contributed by atoms with van der Waals surface area (Å²) in [6, 6.07) is 6.17. The molecule has 1 aromatic carbocycles. The second-order valence-electron chi connectivity index (χ2n) is 2.81. The maximum Gasteiger partial charge on any atom is 0.395 e. The lowest BCUT2D eigenvalue weighted by Gasteiger charge is -2.15. The Morgan fingerprint density at radius 2 is 1.62 bits per heavy atom. The summed E-state index contributed by atoms with van der Waals surface area (Å²) in [6.07, 6.45) is -4.16. The van der Waals surface area contributed by atoms with Gasteiger partial charge in [0, 0.05) is 4.47 Å². The van der Waals surface area contributed by atoms with Crippen molar-refractivity contribution < 1.29 is 13.2 Å². The molecule has 4 heteroatoms. The minimum Gasteiger partial charge on any atom is -0.170 e. The molecule has 0 aliphatic rings. The predicted octanol–water partition coefficient (Wildman–Crippen LogP) is 4.11. The Labute approximate surface area is 82.9 Å². The van der Waals surface area contributed by atoms with Crippen LogP contribution in [0.25, 0.3) is 0 Å². The number of halogens is 4. The Morgan fingerprint density at radius 3 is 2.00 bits per heavy atom. The summed E-state index contributed by atoms with van der Waals surface area (Å²) < 4.78 is 37.5. The Balaban J connectivity index is 2.90. The van der Waals surface area contributed by atoms with E-state index in [0.29, 0.717) is 0 Å². The van der Waals surface area contributed by atoms with Crippen molar-refractivity contribution in [1.29, 1.82) is 0 Å². The first kappa shape index (κ1) is 10.6. The molecule has 1 aromatic rings. The van der Waals surface area contributed by atoms with Crippen LogP contribution in [0.3, 0.4) is 0 Å². The fourth-order valence-electron chi connectivity index (χ4n) is 0.940. The van der Waals surface area contributed by atoms with Crippen molar-refractivity contribution in [2.24, 2.45) is 0 Å². The molecule has 0 N–H and O–H groups in total. The molecule has 0 fully saturated rings. The number of alkyl halides is 3. The van der Waals surface area contributed by atoms with Crippen LogP contribution in [-0.4, -0.2) is 6.18 Å². The minimum atomic E-state index is -4.16. The van der Waals surface area contributed by atoms with E-state index in [4.69, 9.17) is 0 Å². The summed E-state index contributed by atoms with van der Waals surface area (Å²) in [5.74, 6) is -1.40. The third-order valence-corrected chi connectivity index (χ3v) is 2.39. The maximum absolute atomic E-state index is 12.2. The smallest absolute Gasteiger partial charge is 0.170 e. The highest BCUT2D eigenvalue weighted by atomic mass is 79.9. The quantitative estimate of drug-likeness (QED) is 0.706. The standard InChI is InChI=1S/C9H8BrF3/c1-6(9(11,12)13)7-2-4-8(10)5-3-7/h2-6H,1H3/t6-/m1/s1. The summed E-state index contributed by atoms with van der Waals surface area (Å²) in [4.78, 5) is 0. The molecule has 0 bridgehead atoms. The number of rotatable bonds is 1. The highest BCUT2D eigenvalue weighted by molar-refractivity contribution is 9.10. The van der Waals surface area contributed by atoms with Gasteiger partial charge in [-0.05, 0) is 24.6 Å². The Kier molecular flexibility index (Phi) is 3.01. The summed E-state index contributed by atoms with van der Waals surface area (Å²) in [5, 5.41) is 0. The molecule has 0 aliphatic heterocycles. The number of benzene rings is 1. The molecular formula is C9H8BrF3. The zero-order chi connectivity index (χ0) is 10.1. The first-order chi connectivity index (χ1) is 5.91. The van der Waals surface area contributed by atoms with Gasteiger partial charge in [0.25, 0.3) is 0 Å². The molecule has 0 saturated heterocycles. The van der Waals surface area contributed by atoms with Crippen molar-refractivity contribution in [2.75, 3.05) is 0 Å². The molecule has 0 heterocycles. The van der Waals surface area contributed by atoms with E-state index in [9.17, 15) is 13.2 Å². The first-order valence-electron chi connectivity index (χ1n) is 3.73. The van der Waals surface area contributed by atoms with Gasteiger partial charge in [0.2, 0.25) is 0 Å². The lowest BCUT2D eigenvalue weighted by Crippen LogP contribution is -2.17. The van der Waals surface area contributed by atoms with E-state index in [1.54, 1.807) is 12.1 Å². The second-order valence-corrected chi connectivity index (χ2v) is 3.73. The van der Waals surface area contributed by atoms with E-state index in [2.05, 4.69) is 15.9 Å². The predicted molar refractivity (Wildman–Crippen MR) is 48.6 cm³/mol. The molecule has 0 saturated carbocycles. The van der Waals surface area contributed by atoms with E-state index in [-0.39, 0.29) is 5.56 Å². The highest BCUT2D eigenvalue weighted by Gasteiger charge is 2.36. The molecule has 1 atom stereocenters. The third-order valence-electron chi connectivity index (χ3n) is 1.86. The van der Waals surface area contributed by atoms with E-state index in [1.807, 2.05) is 0 Å². The van der Waals surface area contributed by atoms with Gasteiger partial charge >= 0.3 is 6.18 Å². The minimum absolute atomic E-state index is 0.288. The summed E-state index contributed by atoms with van der Waals surface area (Å²) >= 11 is 3.16. The number of hydrogen-bond donors (Lipinski definition) is 0. The van der Waals surface area contributed by atoms with Crippen LogP contribution in [0.5, 0.6) is 0 Å². The van der Waals surface area contributed by atoms with Crippen LogP contribution in [-0.2, 0) is 0 Å². The lowest BCUT2D eigenvalue weighted by atomic mass is 10.0. The van der Waals surface area contributed by atoms with Gasteiger partial charge in [0.15, 0.2) is 0 Å². The summed E-state index contributed by atoms with van der Waals surface area (Å²) in [5.41, 5.74) is 0.288. The average molecular weight is 253 g/mol. The van der Waals surface area contributed by atoms with Crippen LogP contribution in [0.15, 0.2) is 28.7 Å². The van der Waals surface area contributed by atoms with Crippen molar-refractivity contribution >= 4 is 15.9 Å². The first-order valence-corrected chi connectivity index (χ1v) is 4.52. The lowest BCUT2D eigenvalue weighted by molar-refractivity contribution is -0.146. The molecule has 0 aliphatic carbocycles. The molecule has 0 spiro atoms. The molecule has 0 aromatic heterocycles. The Hall–Kier alpha value is -0.510. The van der Waals surface area contributed by atoms with Gasteiger partial charge in [-0.1, -0.05) is 28.1 Å². The number of hydrogen-bond acceptors (Lipinski definition) is 0. The van der Waals surface area contributed by atoms with Crippen LogP contribution >= 0.6 is 15.9 Å². The molecule has 0 unspecified atom stereocenters. The van der Waals surface area contributed by atoms with E-state index in [0.717, 1.165) is 11.4 Å². The van der Waals surface area contributed by atoms with Crippen LogP contribution in [0.2, 0.25) is 0 Å². The monoisotopic (exact) mass is 252 g/mol. The Morgan fingerprint density at radius 1 is 1.15 bits per heavy atom. The van der Waals surface area contributed by atoms with Gasteiger partial charge in [-0.25, -0.2) is 0 Å². The van der Waals surface area contributed by atoms with Crippen molar-refractivity contribution in [1.82, 2.24) is 0 Å². The SMILES string of the molecule is C[C@H](c1ccc(Br)cc1)C(F)(F)F. The van der Waals surface area contributed by atoms with Crippen LogP contribution in [0.4, 0.5) is 13.2 Å². The fraction of sp³-hybridized carbons (Fsp3) is 0.333. The molecular weight excluding hydrogens is 245 g/mol. The van der Waals surface area contributed by atoms with Gasteiger partial charge < -0.3 is 0 Å². The molecule has 0 amide bonds. The van der Waals surface area contributed by atoms with Gasteiger partial charge in [-0.3, -0.25) is 0 Å². The van der Waals surface area contributed by atoms with Gasteiger partial charge in [0.05, 0.1) is 5.92 Å². The second kappa shape index (κ2) is 3.70. The van der Waals surface area contributed by atoms with Crippen LogP contribution < -0.4 is 0 Å². The zero-order valence-electron chi connectivity index (χ0n) is 6.90. The van der Waals surface area contributed by atoms with Crippen molar-refractivity contribution in [3.05, 3.63) is 34.3 Å². The fourth-order valence-corrected chi connectivity index (χ4v) is 1.20. The Bertz CT molecular complexity index is 276. The van der Waals surface area contributed by atoms with Crippen LogP contribution in [0, 0.1) is 0 Å². The van der Waals surface area contributed by atoms with Crippen LogP contribution in [0.1, 0.15) is 18.4 Å². The van der Waals surface area contributed by atoms with E-state index < -0.39 is 12.1 Å². The normalized spacial score (nSPS) is 14.2. The summed E-state index contributed by atoms with van der Waals surface area (Å²) in [7, 11) is 0. The van der Waals surface area contributed by atoms with Gasteiger partial charge in [0.1, 0.15) is 0 Å². The molecule has 0 radical (unpaired) electrons. The van der Waals surface area contributed by atoms with Crippen molar-refractivity contribution in [2.45, 2.75) is 19.0 Å². The third kappa shape index (κ3) is 2.72. The topological polar surface area (TPSA) is 0 Å². The van der Waals surface area contributed by atoms with Gasteiger partial charge in [-0.15, -0.1) is 0 Å². The summed E-state index contributed by atoms with van der Waals surface area (Å²) in [6.45, 7) is 1.16. The largest absolute Gasteiger partial charge is 0.395 e. The van der Waals surface area contributed by atoms with E-state index in [1.165, 1.54) is 12.1 Å². The molecule has 0 nitrogen and oxygen atoms in total. The molecule has 1 rings (SSSR count). The van der Waals surface area contributed by atoms with Crippen molar-refractivity contribution in [3.63, 3.8) is 0 Å². The molecule has 13 heavy (non-hydrogen) atoms. The maximum atomic E-state index is 12.2. The van der Waals surface area contributed by atoms with Crippen molar-refractivity contribution in [3.8, 4) is 0 Å². The molecule has 72 valence electrons.